The van der Waals surface area contributed by atoms with Gasteiger partial charge in [0.25, 0.3) is 0 Å². The number of amides is 2. The van der Waals surface area contributed by atoms with Crippen LogP contribution in [0.5, 0.6) is 0 Å². The van der Waals surface area contributed by atoms with Crippen LogP contribution in [0.1, 0.15) is 30.1 Å². The number of carbonyl (C=O) groups is 2. The van der Waals surface area contributed by atoms with E-state index in [1.54, 1.807) is 19.9 Å². The molecule has 1 N–H and O–H groups in total. The van der Waals surface area contributed by atoms with Crippen LogP contribution in [-0.4, -0.2) is 45.7 Å². The number of hydrogen-bond acceptors (Lipinski definition) is 6. The van der Waals surface area contributed by atoms with Crippen molar-refractivity contribution >= 4 is 29.4 Å². The lowest BCUT2D eigenvalue weighted by atomic mass is 9.95. The number of cyclic esters (lactones) is 1. The van der Waals surface area contributed by atoms with Gasteiger partial charge < -0.3 is 9.84 Å². The highest BCUT2D eigenvalue weighted by Gasteiger charge is 2.41. The van der Waals surface area contributed by atoms with Crippen LogP contribution in [0.4, 0.5) is 4.79 Å². The first-order valence-electron chi connectivity index (χ1n) is 9.19. The lowest BCUT2D eigenvalue weighted by Crippen LogP contribution is -2.45. The molecule has 1 aliphatic rings. The number of aliphatic hydroxyl groups excluding tert-OH is 1. The molecule has 3 rings (SSSR count). The van der Waals surface area contributed by atoms with Gasteiger partial charge in [-0.1, -0.05) is 37.3 Å². The Bertz CT molecular complexity index is 878. The molecule has 3 atom stereocenters. The third kappa shape index (κ3) is 4.48. The molecule has 1 aliphatic heterocycles. The molecule has 1 aromatic heterocycles. The van der Waals surface area contributed by atoms with E-state index < -0.39 is 24.0 Å². The maximum absolute atomic E-state index is 13.0. The van der Waals surface area contributed by atoms with Crippen LogP contribution in [0.2, 0.25) is 0 Å². The van der Waals surface area contributed by atoms with Crippen molar-refractivity contribution in [1.29, 1.82) is 0 Å². The van der Waals surface area contributed by atoms with Crippen LogP contribution in [0, 0.1) is 12.8 Å². The summed E-state index contributed by atoms with van der Waals surface area (Å²) in [5, 5.41) is 13.5. The van der Waals surface area contributed by atoms with Gasteiger partial charge >= 0.3 is 6.09 Å². The molecule has 1 fully saturated rings. The van der Waals surface area contributed by atoms with Gasteiger partial charge in [0.05, 0.1) is 28.8 Å². The Labute approximate surface area is 168 Å². The van der Waals surface area contributed by atoms with Crippen LogP contribution in [0.15, 0.2) is 41.3 Å². The molecule has 0 saturated carbocycles. The second-order valence-electron chi connectivity index (χ2n) is 7.04. The fraction of sp³-hybridized carbons (Fsp3) is 0.381. The molecule has 148 valence electrons. The van der Waals surface area contributed by atoms with Gasteiger partial charge in [-0.05, 0) is 37.5 Å². The van der Waals surface area contributed by atoms with E-state index in [0.717, 1.165) is 21.2 Å². The highest BCUT2D eigenvalue weighted by atomic mass is 32.1. The zero-order chi connectivity index (χ0) is 20.3. The minimum atomic E-state index is -1.01. The fourth-order valence-corrected chi connectivity index (χ4v) is 3.85. The summed E-state index contributed by atoms with van der Waals surface area (Å²) in [5.74, 6) is -1.21. The molecular formula is C21H24N2O4S. The normalized spacial score (nSPS) is 19.4. The third-order valence-corrected chi connectivity index (χ3v) is 5.65. The van der Waals surface area contributed by atoms with E-state index in [0.29, 0.717) is 12.0 Å². The predicted octanol–water partition coefficient (Wildman–Crippen LogP) is 3.44. The van der Waals surface area contributed by atoms with Crippen LogP contribution in [-0.2, 0) is 16.0 Å². The molecule has 0 aliphatic carbocycles. The second kappa shape index (κ2) is 8.67. The average molecular weight is 401 g/mol. The van der Waals surface area contributed by atoms with Gasteiger partial charge in [-0.2, -0.15) is 0 Å². The number of aromatic nitrogens is 1. The molecule has 1 aromatic carbocycles. The Morgan fingerprint density at radius 1 is 1.43 bits per heavy atom. The van der Waals surface area contributed by atoms with Gasteiger partial charge in [0.1, 0.15) is 6.61 Å². The van der Waals surface area contributed by atoms with E-state index in [9.17, 15) is 14.7 Å². The van der Waals surface area contributed by atoms with E-state index in [4.69, 9.17) is 4.74 Å². The Balaban J connectivity index is 1.72. The number of aliphatic hydroxyl groups is 1. The van der Waals surface area contributed by atoms with Crippen molar-refractivity contribution in [1.82, 2.24) is 9.88 Å². The van der Waals surface area contributed by atoms with Gasteiger partial charge in [0.2, 0.25) is 5.91 Å². The molecular weight excluding hydrogens is 376 g/mol. The smallest absolute Gasteiger partial charge is 0.416 e. The van der Waals surface area contributed by atoms with Crippen molar-refractivity contribution in [2.45, 2.75) is 39.3 Å². The summed E-state index contributed by atoms with van der Waals surface area (Å²) in [7, 11) is 0. The first-order chi connectivity index (χ1) is 13.4. The zero-order valence-corrected chi connectivity index (χ0v) is 17.0. The molecule has 6 nitrogen and oxygen atoms in total. The average Bonchev–Trinajstić information content (AvgIpc) is 3.26. The zero-order valence-electron chi connectivity index (χ0n) is 16.2. The van der Waals surface area contributed by atoms with Crippen LogP contribution in [0.25, 0.3) is 6.08 Å². The Morgan fingerprint density at radius 2 is 2.14 bits per heavy atom. The molecule has 2 heterocycles. The topological polar surface area (TPSA) is 79.7 Å². The first kappa shape index (κ1) is 20.2. The molecule has 2 aromatic rings. The van der Waals surface area contributed by atoms with Gasteiger partial charge in [-0.15, -0.1) is 11.3 Å². The van der Waals surface area contributed by atoms with E-state index in [2.05, 4.69) is 4.98 Å². The number of aryl methyl sites for hydroxylation is 1. The standard InChI is InChI=1S/C21H24N2O4S/c1-13(9-17-12-28-15(3)22-17)19(24)14(2)20(25)23-18(11-27-21(23)26)10-16-7-5-4-6-8-16/h4-9,12,14,18-19,24H,10-11H2,1-3H3/b13-9+. The number of imide groups is 1. The van der Waals surface area contributed by atoms with E-state index in [1.165, 1.54) is 11.3 Å². The van der Waals surface area contributed by atoms with Gasteiger partial charge in [0.15, 0.2) is 0 Å². The maximum atomic E-state index is 13.0. The lowest BCUT2D eigenvalue weighted by molar-refractivity contribution is -0.135. The number of rotatable bonds is 6. The summed E-state index contributed by atoms with van der Waals surface area (Å²) in [5.41, 5.74) is 2.39. The summed E-state index contributed by atoms with van der Waals surface area (Å²) in [6, 6.07) is 9.28. The summed E-state index contributed by atoms with van der Waals surface area (Å²) in [6.45, 7) is 5.45. The van der Waals surface area contributed by atoms with Crippen molar-refractivity contribution in [3.63, 3.8) is 0 Å². The Kier molecular flexibility index (Phi) is 6.26. The Morgan fingerprint density at radius 3 is 2.79 bits per heavy atom. The highest BCUT2D eigenvalue weighted by Crippen LogP contribution is 2.24. The summed E-state index contributed by atoms with van der Waals surface area (Å²) in [6.07, 6.45) is 0.623. The van der Waals surface area contributed by atoms with Crippen molar-refractivity contribution in [2.75, 3.05) is 6.61 Å². The number of thiazole rings is 1. The first-order valence-corrected chi connectivity index (χ1v) is 10.1. The van der Waals surface area contributed by atoms with Crippen LogP contribution in [0.3, 0.4) is 0 Å². The van der Waals surface area contributed by atoms with Crippen molar-refractivity contribution in [3.05, 3.63) is 57.6 Å². The highest BCUT2D eigenvalue weighted by molar-refractivity contribution is 7.09. The number of ether oxygens (including phenoxy) is 1. The van der Waals surface area contributed by atoms with E-state index in [-0.39, 0.29) is 12.6 Å². The summed E-state index contributed by atoms with van der Waals surface area (Å²) < 4.78 is 5.12. The summed E-state index contributed by atoms with van der Waals surface area (Å²) >= 11 is 1.52. The van der Waals surface area contributed by atoms with Gasteiger partial charge in [-0.25, -0.2) is 14.7 Å². The SMILES string of the molecule is C/C(=C\c1csc(C)n1)C(O)C(C)C(=O)N1C(=O)OCC1Cc1ccccc1. The molecule has 28 heavy (non-hydrogen) atoms. The predicted molar refractivity (Wildman–Crippen MR) is 108 cm³/mol. The fourth-order valence-electron chi connectivity index (χ4n) is 3.28. The minimum Gasteiger partial charge on any atom is -0.447 e. The molecule has 0 spiro atoms. The molecule has 7 heteroatoms. The van der Waals surface area contributed by atoms with Crippen LogP contribution < -0.4 is 0 Å². The number of hydrogen-bond donors (Lipinski definition) is 1. The second-order valence-corrected chi connectivity index (χ2v) is 8.10. The number of carbonyl (C=O) groups excluding carboxylic acids is 2. The Hall–Kier alpha value is -2.51. The van der Waals surface area contributed by atoms with E-state index >= 15 is 0 Å². The van der Waals surface area contributed by atoms with Crippen molar-refractivity contribution < 1.29 is 19.4 Å². The third-order valence-electron chi connectivity index (χ3n) is 4.85. The molecule has 3 unspecified atom stereocenters. The van der Waals surface area contributed by atoms with Crippen LogP contribution >= 0.6 is 11.3 Å². The maximum Gasteiger partial charge on any atom is 0.416 e. The lowest BCUT2D eigenvalue weighted by Gasteiger charge is -2.26. The quantitative estimate of drug-likeness (QED) is 0.803. The molecule has 2 amide bonds. The molecule has 1 saturated heterocycles. The van der Waals surface area contributed by atoms with E-state index in [1.807, 2.05) is 42.6 Å². The number of benzene rings is 1. The van der Waals surface area contributed by atoms with Gasteiger partial charge in [-0.3, -0.25) is 4.79 Å². The molecule has 0 radical (unpaired) electrons. The van der Waals surface area contributed by atoms with Crippen molar-refractivity contribution in [3.8, 4) is 0 Å². The van der Waals surface area contributed by atoms with Gasteiger partial charge in [0, 0.05) is 5.38 Å². The molecule has 0 bridgehead atoms. The minimum absolute atomic E-state index is 0.162. The summed E-state index contributed by atoms with van der Waals surface area (Å²) in [4.78, 5) is 30.7. The largest absolute Gasteiger partial charge is 0.447 e. The number of nitrogens with zero attached hydrogens (tertiary/aromatic N) is 2. The monoisotopic (exact) mass is 400 g/mol. The van der Waals surface area contributed by atoms with Crippen molar-refractivity contribution in [2.24, 2.45) is 5.92 Å².